The third kappa shape index (κ3) is 1.75. The summed E-state index contributed by atoms with van der Waals surface area (Å²) in [6.07, 6.45) is 0. The molecule has 0 saturated heterocycles. The molecule has 1 aromatic carbocycles. The molecule has 86 valence electrons. The van der Waals surface area contributed by atoms with Gasteiger partial charge in [0.1, 0.15) is 5.82 Å². The lowest BCUT2D eigenvalue weighted by Crippen LogP contribution is -2.35. The van der Waals surface area contributed by atoms with Crippen LogP contribution in [-0.4, -0.2) is 23.9 Å². The molecule has 0 aliphatic carbocycles. The highest BCUT2D eigenvalue weighted by atomic mass is 19.1. The molecule has 4 heteroatoms. The van der Waals surface area contributed by atoms with Gasteiger partial charge in [-0.25, -0.2) is 4.39 Å². The minimum Gasteiger partial charge on any atom is -0.370 e. The molecule has 0 aromatic heterocycles. The fourth-order valence-corrected chi connectivity index (χ4v) is 2.01. The monoisotopic (exact) mass is 221 g/mol. The van der Waals surface area contributed by atoms with E-state index in [1.165, 1.54) is 0 Å². The molecule has 0 bridgehead atoms. The number of hydrogen-bond donors (Lipinski definition) is 1. The van der Waals surface area contributed by atoms with E-state index in [0.717, 1.165) is 12.1 Å². The van der Waals surface area contributed by atoms with Crippen molar-refractivity contribution in [2.75, 3.05) is 13.1 Å². The van der Waals surface area contributed by atoms with Crippen molar-refractivity contribution < 1.29 is 4.39 Å². The average molecular weight is 221 g/mol. The van der Waals surface area contributed by atoms with Gasteiger partial charge >= 0.3 is 0 Å². The number of aliphatic imine (C=N–C) groups is 1. The Labute approximate surface area is 94.8 Å². The molecule has 1 aliphatic rings. The second kappa shape index (κ2) is 4.12. The molecule has 3 nitrogen and oxygen atoms in total. The average Bonchev–Trinajstić information content (AvgIpc) is 2.63. The van der Waals surface area contributed by atoms with Crippen LogP contribution in [0, 0.1) is 12.7 Å². The quantitative estimate of drug-likeness (QED) is 0.827. The Bertz CT molecular complexity index is 428. The zero-order chi connectivity index (χ0) is 11.7. The number of aryl methyl sites for hydroxylation is 1. The minimum absolute atomic E-state index is 0.0834. The van der Waals surface area contributed by atoms with E-state index in [1.54, 1.807) is 19.1 Å². The Kier molecular flexibility index (Phi) is 2.81. The summed E-state index contributed by atoms with van der Waals surface area (Å²) in [5.41, 5.74) is 7.37. The van der Waals surface area contributed by atoms with Gasteiger partial charge in [0, 0.05) is 6.54 Å². The molecule has 2 rings (SSSR count). The van der Waals surface area contributed by atoms with E-state index in [2.05, 4.69) is 4.99 Å². The SMILES string of the molecule is CCN1C(N)=NCC1c1ccc(C)c(F)c1. The molecule has 0 radical (unpaired) electrons. The minimum atomic E-state index is -0.168. The molecule has 0 amide bonds. The molecule has 1 heterocycles. The van der Waals surface area contributed by atoms with Crippen LogP contribution in [0.5, 0.6) is 0 Å². The maximum atomic E-state index is 13.5. The Morgan fingerprint density at radius 3 is 2.94 bits per heavy atom. The summed E-state index contributed by atoms with van der Waals surface area (Å²) < 4.78 is 13.5. The molecule has 1 aromatic rings. The first kappa shape index (κ1) is 10.9. The molecule has 16 heavy (non-hydrogen) atoms. The lowest BCUT2D eigenvalue weighted by molar-refractivity contribution is 0.363. The number of nitrogens with zero attached hydrogens (tertiary/aromatic N) is 2. The highest BCUT2D eigenvalue weighted by Crippen LogP contribution is 2.26. The lowest BCUT2D eigenvalue weighted by atomic mass is 10.0. The maximum absolute atomic E-state index is 13.5. The van der Waals surface area contributed by atoms with Gasteiger partial charge in [0.05, 0.1) is 12.6 Å². The summed E-state index contributed by atoms with van der Waals surface area (Å²) in [4.78, 5) is 6.19. The number of benzene rings is 1. The smallest absolute Gasteiger partial charge is 0.191 e. The van der Waals surface area contributed by atoms with Crippen molar-refractivity contribution in [2.24, 2.45) is 10.7 Å². The topological polar surface area (TPSA) is 41.6 Å². The van der Waals surface area contributed by atoms with E-state index < -0.39 is 0 Å². The van der Waals surface area contributed by atoms with Gasteiger partial charge < -0.3 is 10.6 Å². The number of likely N-dealkylation sites (N-methyl/N-ethyl adjacent to an activating group) is 1. The summed E-state index contributed by atoms with van der Waals surface area (Å²) in [6.45, 7) is 5.18. The Morgan fingerprint density at radius 1 is 1.56 bits per heavy atom. The van der Waals surface area contributed by atoms with Gasteiger partial charge in [-0.2, -0.15) is 0 Å². The fourth-order valence-electron chi connectivity index (χ4n) is 2.01. The fraction of sp³-hybridized carbons (Fsp3) is 0.417. The largest absolute Gasteiger partial charge is 0.370 e. The highest BCUT2D eigenvalue weighted by molar-refractivity contribution is 5.80. The highest BCUT2D eigenvalue weighted by Gasteiger charge is 2.26. The maximum Gasteiger partial charge on any atom is 0.191 e. The second-order valence-electron chi connectivity index (χ2n) is 4.01. The van der Waals surface area contributed by atoms with Crippen molar-refractivity contribution >= 4 is 5.96 Å². The van der Waals surface area contributed by atoms with Gasteiger partial charge in [-0.3, -0.25) is 4.99 Å². The number of nitrogens with two attached hydrogens (primary N) is 1. The summed E-state index contributed by atoms with van der Waals surface area (Å²) in [6, 6.07) is 5.41. The van der Waals surface area contributed by atoms with Crippen LogP contribution in [0.15, 0.2) is 23.2 Å². The van der Waals surface area contributed by atoms with Gasteiger partial charge in [0.2, 0.25) is 0 Å². The van der Waals surface area contributed by atoms with E-state index in [9.17, 15) is 4.39 Å². The summed E-state index contributed by atoms with van der Waals surface area (Å²) in [5.74, 6) is 0.382. The van der Waals surface area contributed by atoms with Gasteiger partial charge in [-0.15, -0.1) is 0 Å². The Morgan fingerprint density at radius 2 is 2.31 bits per heavy atom. The summed E-state index contributed by atoms with van der Waals surface area (Å²) in [5, 5.41) is 0. The normalized spacial score (nSPS) is 20.1. The van der Waals surface area contributed by atoms with E-state index in [4.69, 9.17) is 5.73 Å². The predicted octanol–water partition coefficient (Wildman–Crippen LogP) is 1.83. The zero-order valence-corrected chi connectivity index (χ0v) is 9.57. The van der Waals surface area contributed by atoms with Crippen molar-refractivity contribution in [3.63, 3.8) is 0 Å². The van der Waals surface area contributed by atoms with Crippen molar-refractivity contribution in [1.82, 2.24) is 4.90 Å². The molecule has 0 fully saturated rings. The Hall–Kier alpha value is -1.58. The van der Waals surface area contributed by atoms with Crippen LogP contribution in [0.2, 0.25) is 0 Å². The van der Waals surface area contributed by atoms with E-state index in [-0.39, 0.29) is 11.9 Å². The molecular formula is C12H16FN3. The standard InChI is InChI=1S/C12H16FN3/c1-3-16-11(7-15-12(16)14)9-5-4-8(2)10(13)6-9/h4-6,11H,3,7H2,1-2H3,(H2,14,15). The first-order chi connectivity index (χ1) is 7.63. The third-order valence-corrected chi connectivity index (χ3v) is 3.02. The van der Waals surface area contributed by atoms with Gasteiger partial charge in [-0.05, 0) is 31.0 Å². The van der Waals surface area contributed by atoms with Crippen molar-refractivity contribution in [2.45, 2.75) is 19.9 Å². The molecule has 1 unspecified atom stereocenters. The number of guanidine groups is 1. The van der Waals surface area contributed by atoms with Gasteiger partial charge in [-0.1, -0.05) is 12.1 Å². The van der Waals surface area contributed by atoms with Crippen LogP contribution in [0.25, 0.3) is 0 Å². The summed E-state index contributed by atoms with van der Waals surface area (Å²) >= 11 is 0. The molecule has 0 saturated carbocycles. The molecule has 1 atom stereocenters. The number of hydrogen-bond acceptors (Lipinski definition) is 3. The summed E-state index contributed by atoms with van der Waals surface area (Å²) in [7, 11) is 0. The zero-order valence-electron chi connectivity index (χ0n) is 9.57. The first-order valence-corrected chi connectivity index (χ1v) is 5.46. The number of halogens is 1. The van der Waals surface area contributed by atoms with E-state index >= 15 is 0 Å². The van der Waals surface area contributed by atoms with Gasteiger partial charge in [0.25, 0.3) is 0 Å². The predicted molar refractivity (Wildman–Crippen MR) is 62.7 cm³/mol. The van der Waals surface area contributed by atoms with Crippen molar-refractivity contribution in [3.05, 3.63) is 35.1 Å². The van der Waals surface area contributed by atoms with Crippen LogP contribution in [0.4, 0.5) is 4.39 Å². The number of rotatable bonds is 2. The molecule has 1 aliphatic heterocycles. The van der Waals surface area contributed by atoms with Crippen molar-refractivity contribution in [1.29, 1.82) is 0 Å². The first-order valence-electron chi connectivity index (χ1n) is 5.46. The van der Waals surface area contributed by atoms with Crippen LogP contribution >= 0.6 is 0 Å². The molecular weight excluding hydrogens is 205 g/mol. The van der Waals surface area contributed by atoms with Crippen LogP contribution in [0.3, 0.4) is 0 Å². The van der Waals surface area contributed by atoms with Crippen LogP contribution in [-0.2, 0) is 0 Å². The second-order valence-corrected chi connectivity index (χ2v) is 4.01. The van der Waals surface area contributed by atoms with Crippen molar-refractivity contribution in [3.8, 4) is 0 Å². The van der Waals surface area contributed by atoms with Crippen LogP contribution in [0.1, 0.15) is 24.1 Å². The van der Waals surface area contributed by atoms with E-state index in [0.29, 0.717) is 18.1 Å². The van der Waals surface area contributed by atoms with Gasteiger partial charge in [0.15, 0.2) is 5.96 Å². The Balaban J connectivity index is 2.28. The molecule has 2 N–H and O–H groups in total. The van der Waals surface area contributed by atoms with Crippen LogP contribution < -0.4 is 5.73 Å². The third-order valence-electron chi connectivity index (χ3n) is 3.02. The molecule has 0 spiro atoms. The lowest BCUT2D eigenvalue weighted by Gasteiger charge is -2.25. The van der Waals surface area contributed by atoms with E-state index in [1.807, 2.05) is 17.9 Å².